The van der Waals surface area contributed by atoms with E-state index in [1.165, 1.54) is 10.8 Å². The molecule has 3 aromatic carbocycles. The minimum Gasteiger partial charge on any atom is -0.387 e. The normalized spacial score (nSPS) is 17.3. The Bertz CT molecular complexity index is 849. The van der Waals surface area contributed by atoms with E-state index in [-0.39, 0.29) is 6.10 Å². The summed E-state index contributed by atoms with van der Waals surface area (Å²) < 4.78 is 0. The number of halogens is 1. The number of hydrogen-bond acceptors (Lipinski definition) is 2. The smallest absolute Gasteiger partial charge is 0.158 e. The van der Waals surface area contributed by atoms with Gasteiger partial charge in [0.2, 0.25) is 0 Å². The highest BCUT2D eigenvalue weighted by Crippen LogP contribution is 2.32. The average molecular weight is 308 g/mol. The third kappa shape index (κ3) is 2.36. The molecule has 0 saturated carbocycles. The summed E-state index contributed by atoms with van der Waals surface area (Å²) in [5, 5.41) is 7.49. The minimum atomic E-state index is -0.0359. The van der Waals surface area contributed by atoms with Crippen molar-refractivity contribution in [1.82, 2.24) is 0 Å². The van der Waals surface area contributed by atoms with Crippen LogP contribution in [-0.4, -0.2) is 5.71 Å². The van der Waals surface area contributed by atoms with Gasteiger partial charge in [-0.15, -0.1) is 0 Å². The summed E-state index contributed by atoms with van der Waals surface area (Å²) >= 11 is 5.94. The molecule has 1 aliphatic rings. The zero-order valence-corrected chi connectivity index (χ0v) is 12.6. The minimum absolute atomic E-state index is 0.0359. The lowest BCUT2D eigenvalue weighted by molar-refractivity contribution is 0.0857. The number of oxime groups is 1. The van der Waals surface area contributed by atoms with Crippen LogP contribution in [0.3, 0.4) is 0 Å². The lowest BCUT2D eigenvalue weighted by atomic mass is 9.96. The van der Waals surface area contributed by atoms with Crippen LogP contribution in [0, 0.1) is 0 Å². The molecule has 0 spiro atoms. The molecule has 3 heteroatoms. The van der Waals surface area contributed by atoms with Gasteiger partial charge in [-0.25, -0.2) is 0 Å². The van der Waals surface area contributed by atoms with Gasteiger partial charge in [0, 0.05) is 17.0 Å². The Balaban J connectivity index is 1.66. The molecule has 108 valence electrons. The van der Waals surface area contributed by atoms with Gasteiger partial charge in [0.15, 0.2) is 6.10 Å². The second kappa shape index (κ2) is 5.47. The maximum absolute atomic E-state index is 5.94. The quantitative estimate of drug-likeness (QED) is 0.624. The molecule has 22 heavy (non-hydrogen) atoms. The van der Waals surface area contributed by atoms with Crippen LogP contribution in [0.25, 0.3) is 10.8 Å². The van der Waals surface area contributed by atoms with Crippen molar-refractivity contribution in [3.63, 3.8) is 0 Å². The maximum Gasteiger partial charge on any atom is 0.158 e. The summed E-state index contributed by atoms with van der Waals surface area (Å²) in [5.41, 5.74) is 3.25. The zero-order valence-electron chi connectivity index (χ0n) is 11.9. The standard InChI is InChI=1S/C19H14ClNO/c20-15-10-8-14(9-11-15)19-12-18(21-22-19)17-7-3-5-13-4-1-2-6-16(13)17/h1-11,19H,12H2. The number of rotatable bonds is 2. The lowest BCUT2D eigenvalue weighted by Gasteiger charge is -2.08. The summed E-state index contributed by atoms with van der Waals surface area (Å²) in [6, 6.07) is 22.4. The number of nitrogens with zero attached hydrogens (tertiary/aromatic N) is 1. The molecule has 1 unspecified atom stereocenters. The molecule has 1 atom stereocenters. The van der Waals surface area contributed by atoms with Crippen molar-refractivity contribution in [3.8, 4) is 0 Å². The van der Waals surface area contributed by atoms with Gasteiger partial charge < -0.3 is 4.84 Å². The molecule has 0 amide bonds. The highest BCUT2D eigenvalue weighted by Gasteiger charge is 2.24. The van der Waals surface area contributed by atoms with Crippen LogP contribution in [0.4, 0.5) is 0 Å². The van der Waals surface area contributed by atoms with Gasteiger partial charge in [0.25, 0.3) is 0 Å². The van der Waals surface area contributed by atoms with E-state index in [9.17, 15) is 0 Å². The fourth-order valence-electron chi connectivity index (χ4n) is 2.87. The molecule has 3 aromatic rings. The SMILES string of the molecule is Clc1ccc(C2CC(c3cccc4ccccc34)=NO2)cc1. The van der Waals surface area contributed by atoms with E-state index < -0.39 is 0 Å². The highest BCUT2D eigenvalue weighted by atomic mass is 35.5. The second-order valence-corrected chi connectivity index (χ2v) is 5.85. The summed E-state index contributed by atoms with van der Waals surface area (Å²) in [5.74, 6) is 0. The fraction of sp³-hybridized carbons (Fsp3) is 0.105. The molecule has 2 nitrogen and oxygen atoms in total. The van der Waals surface area contributed by atoms with Crippen molar-refractivity contribution < 1.29 is 4.84 Å². The van der Waals surface area contributed by atoms with E-state index in [1.807, 2.05) is 24.3 Å². The number of hydrogen-bond donors (Lipinski definition) is 0. The topological polar surface area (TPSA) is 21.6 Å². The fourth-order valence-corrected chi connectivity index (χ4v) is 3.00. The predicted octanol–water partition coefficient (Wildman–Crippen LogP) is 5.36. The summed E-state index contributed by atoms with van der Waals surface area (Å²) in [6.45, 7) is 0. The monoisotopic (exact) mass is 307 g/mol. The van der Waals surface area contributed by atoms with Gasteiger partial charge in [0.05, 0.1) is 5.71 Å². The van der Waals surface area contributed by atoms with Crippen LogP contribution in [-0.2, 0) is 4.84 Å². The van der Waals surface area contributed by atoms with Crippen LogP contribution in [0.1, 0.15) is 23.7 Å². The molecular formula is C19H14ClNO. The molecule has 0 bridgehead atoms. The first-order valence-corrected chi connectivity index (χ1v) is 7.65. The Labute approximate surface area is 134 Å². The first kappa shape index (κ1) is 13.4. The molecule has 0 saturated heterocycles. The molecule has 0 N–H and O–H groups in total. The Kier molecular flexibility index (Phi) is 3.32. The van der Waals surface area contributed by atoms with E-state index in [0.29, 0.717) is 0 Å². The van der Waals surface area contributed by atoms with Gasteiger partial charge in [0.1, 0.15) is 0 Å². The van der Waals surface area contributed by atoms with E-state index in [1.54, 1.807) is 0 Å². The van der Waals surface area contributed by atoms with Crippen LogP contribution in [0.2, 0.25) is 5.02 Å². The van der Waals surface area contributed by atoms with E-state index >= 15 is 0 Å². The van der Waals surface area contributed by atoms with Crippen LogP contribution in [0.15, 0.2) is 71.9 Å². The van der Waals surface area contributed by atoms with Gasteiger partial charge in [-0.2, -0.15) is 0 Å². The van der Waals surface area contributed by atoms with E-state index in [4.69, 9.17) is 16.4 Å². The van der Waals surface area contributed by atoms with E-state index in [0.717, 1.165) is 28.3 Å². The second-order valence-electron chi connectivity index (χ2n) is 5.41. The van der Waals surface area contributed by atoms with Gasteiger partial charge in [-0.05, 0) is 28.5 Å². The van der Waals surface area contributed by atoms with E-state index in [2.05, 4.69) is 47.6 Å². The van der Waals surface area contributed by atoms with Crippen molar-refractivity contribution in [2.75, 3.05) is 0 Å². The predicted molar refractivity (Wildman–Crippen MR) is 90.4 cm³/mol. The third-order valence-corrected chi connectivity index (χ3v) is 4.26. The lowest BCUT2D eigenvalue weighted by Crippen LogP contribution is -2.02. The zero-order chi connectivity index (χ0) is 14.9. The number of benzene rings is 3. The Morgan fingerprint density at radius 2 is 1.68 bits per heavy atom. The van der Waals surface area contributed by atoms with Crippen molar-refractivity contribution in [1.29, 1.82) is 0 Å². The van der Waals surface area contributed by atoms with Crippen LogP contribution < -0.4 is 0 Å². The first-order valence-electron chi connectivity index (χ1n) is 7.27. The molecule has 0 aromatic heterocycles. The summed E-state index contributed by atoms with van der Waals surface area (Å²) in [6.07, 6.45) is 0.738. The van der Waals surface area contributed by atoms with Crippen molar-refractivity contribution in [3.05, 3.63) is 82.9 Å². The molecule has 0 fully saturated rings. The molecule has 0 radical (unpaired) electrons. The Morgan fingerprint density at radius 3 is 2.55 bits per heavy atom. The Morgan fingerprint density at radius 1 is 0.909 bits per heavy atom. The van der Waals surface area contributed by atoms with Gasteiger partial charge >= 0.3 is 0 Å². The number of fused-ring (bicyclic) bond motifs is 1. The van der Waals surface area contributed by atoms with Crippen LogP contribution >= 0.6 is 11.6 Å². The Hall–Kier alpha value is -2.32. The molecule has 4 rings (SSSR count). The van der Waals surface area contributed by atoms with Crippen molar-refractivity contribution >= 4 is 28.1 Å². The molecule has 1 aliphatic heterocycles. The van der Waals surface area contributed by atoms with Crippen LogP contribution in [0.5, 0.6) is 0 Å². The molecule has 1 heterocycles. The largest absolute Gasteiger partial charge is 0.387 e. The summed E-state index contributed by atoms with van der Waals surface area (Å²) in [4.78, 5) is 5.64. The summed E-state index contributed by atoms with van der Waals surface area (Å²) in [7, 11) is 0. The average Bonchev–Trinajstić information content (AvgIpc) is 3.05. The van der Waals surface area contributed by atoms with Gasteiger partial charge in [-0.3, -0.25) is 0 Å². The third-order valence-electron chi connectivity index (χ3n) is 4.01. The van der Waals surface area contributed by atoms with Crippen molar-refractivity contribution in [2.24, 2.45) is 5.16 Å². The first-order chi connectivity index (χ1) is 10.8. The molecular weight excluding hydrogens is 294 g/mol. The highest BCUT2D eigenvalue weighted by molar-refractivity contribution is 6.30. The van der Waals surface area contributed by atoms with Gasteiger partial charge in [-0.1, -0.05) is 71.4 Å². The molecule has 0 aliphatic carbocycles. The van der Waals surface area contributed by atoms with Crippen molar-refractivity contribution in [2.45, 2.75) is 12.5 Å². The maximum atomic E-state index is 5.94.